The fraction of sp³-hybridized carbons (Fsp3) is 0.0909. The molecule has 0 amide bonds. The number of rotatable bonds is 6. The van der Waals surface area contributed by atoms with Crippen molar-refractivity contribution in [3.63, 3.8) is 0 Å². The molecule has 0 saturated carbocycles. The lowest BCUT2D eigenvalue weighted by atomic mass is 10.2. The minimum absolute atomic E-state index is 0.0273. The highest BCUT2D eigenvalue weighted by molar-refractivity contribution is 7.90. The molecule has 10 heteroatoms. The Hall–Kier alpha value is -2.85. The van der Waals surface area contributed by atoms with Crippen LogP contribution in [0.3, 0.4) is 0 Å². The number of benzene rings is 3. The zero-order valence-electron chi connectivity index (χ0n) is 17.2. The van der Waals surface area contributed by atoms with E-state index in [1.54, 1.807) is 55.5 Å². The summed E-state index contributed by atoms with van der Waals surface area (Å²) in [4.78, 5) is 2.23. The first-order valence-electron chi connectivity index (χ1n) is 9.56. The normalized spacial score (nSPS) is 12.2. The standard InChI is InChI=1S/C22H20ClN3O4S2/c1-15-7-10-18(11-8-15)31(27,28)25-24-22-14-17-5-3-4-6-20(17)26(22)32(29,30)21-13-16(2)9-12-19(21)23/h3-14,24-25H,1-2H3. The lowest BCUT2D eigenvalue weighted by Crippen LogP contribution is -2.31. The number of aromatic nitrogens is 1. The van der Waals surface area contributed by atoms with E-state index in [2.05, 4.69) is 10.3 Å². The Kier molecular flexibility index (Phi) is 5.76. The van der Waals surface area contributed by atoms with Crippen LogP contribution >= 0.6 is 11.6 Å². The molecule has 1 aromatic heterocycles. The highest BCUT2D eigenvalue weighted by Gasteiger charge is 2.26. The number of halogens is 1. The molecule has 0 spiro atoms. The second-order valence-electron chi connectivity index (χ2n) is 7.34. The molecule has 1 heterocycles. The van der Waals surface area contributed by atoms with Crippen molar-refractivity contribution in [3.8, 4) is 0 Å². The van der Waals surface area contributed by atoms with Crippen LogP contribution in [0, 0.1) is 13.8 Å². The molecule has 0 aliphatic carbocycles. The van der Waals surface area contributed by atoms with Gasteiger partial charge < -0.3 is 0 Å². The van der Waals surface area contributed by atoms with E-state index in [0.717, 1.165) is 15.1 Å². The summed E-state index contributed by atoms with van der Waals surface area (Å²) >= 11 is 6.22. The van der Waals surface area contributed by atoms with E-state index in [9.17, 15) is 16.8 Å². The number of hydrazine groups is 1. The van der Waals surface area contributed by atoms with E-state index >= 15 is 0 Å². The third-order valence-electron chi connectivity index (χ3n) is 4.92. The third-order valence-corrected chi connectivity index (χ3v) is 8.39. The van der Waals surface area contributed by atoms with Gasteiger partial charge in [0, 0.05) is 5.39 Å². The molecule has 0 bridgehead atoms. The Morgan fingerprint density at radius 1 is 0.812 bits per heavy atom. The number of hydrogen-bond acceptors (Lipinski definition) is 5. The Balaban J connectivity index is 1.81. The summed E-state index contributed by atoms with van der Waals surface area (Å²) < 4.78 is 53.7. The van der Waals surface area contributed by atoms with Gasteiger partial charge in [-0.05, 0) is 55.8 Å². The van der Waals surface area contributed by atoms with Crippen molar-refractivity contribution in [2.45, 2.75) is 23.6 Å². The lowest BCUT2D eigenvalue weighted by Gasteiger charge is -2.15. The molecular weight excluding hydrogens is 470 g/mol. The predicted octanol–water partition coefficient (Wildman–Crippen LogP) is 4.45. The van der Waals surface area contributed by atoms with Crippen LogP contribution in [0.1, 0.15) is 11.1 Å². The first-order chi connectivity index (χ1) is 15.1. The first-order valence-corrected chi connectivity index (χ1v) is 12.9. The number of sulfonamides is 1. The number of para-hydroxylation sites is 1. The molecule has 0 fully saturated rings. The van der Waals surface area contributed by atoms with Crippen molar-refractivity contribution in [1.29, 1.82) is 0 Å². The molecule has 4 aromatic rings. The summed E-state index contributed by atoms with van der Waals surface area (Å²) in [5.41, 5.74) is 4.58. The van der Waals surface area contributed by atoms with Gasteiger partial charge in [0.15, 0.2) is 0 Å². The minimum atomic E-state index is -4.16. The van der Waals surface area contributed by atoms with Crippen molar-refractivity contribution in [2.75, 3.05) is 5.43 Å². The van der Waals surface area contributed by atoms with Crippen LogP contribution in [0.5, 0.6) is 0 Å². The predicted molar refractivity (Wildman–Crippen MR) is 126 cm³/mol. The van der Waals surface area contributed by atoms with Crippen molar-refractivity contribution < 1.29 is 16.8 Å². The summed E-state index contributed by atoms with van der Waals surface area (Å²) in [5.74, 6) is 0.0273. The highest BCUT2D eigenvalue weighted by atomic mass is 35.5. The molecule has 0 aliphatic heterocycles. The number of nitrogens with one attached hydrogen (secondary N) is 2. The monoisotopic (exact) mass is 489 g/mol. The molecule has 0 radical (unpaired) electrons. The minimum Gasteiger partial charge on any atom is -0.292 e. The molecule has 4 rings (SSSR count). The maximum absolute atomic E-state index is 13.6. The molecule has 166 valence electrons. The van der Waals surface area contributed by atoms with E-state index in [4.69, 9.17) is 11.6 Å². The lowest BCUT2D eigenvalue weighted by molar-refractivity contribution is 0.583. The third kappa shape index (κ3) is 4.12. The van der Waals surface area contributed by atoms with Gasteiger partial charge in [-0.25, -0.2) is 20.8 Å². The van der Waals surface area contributed by atoms with Gasteiger partial charge in [-0.1, -0.05) is 53.6 Å². The van der Waals surface area contributed by atoms with E-state index in [1.165, 1.54) is 24.3 Å². The molecule has 2 N–H and O–H groups in total. The Bertz CT molecular complexity index is 1530. The van der Waals surface area contributed by atoms with Crippen LogP contribution in [0.25, 0.3) is 10.9 Å². The van der Waals surface area contributed by atoms with Crippen LogP contribution in [-0.4, -0.2) is 20.8 Å². The van der Waals surface area contributed by atoms with Crippen LogP contribution in [-0.2, 0) is 20.0 Å². The van der Waals surface area contributed by atoms with Gasteiger partial charge >= 0.3 is 0 Å². The summed E-state index contributed by atoms with van der Waals surface area (Å²) in [5, 5.41) is 0.677. The van der Waals surface area contributed by atoms with Crippen molar-refractivity contribution in [3.05, 3.63) is 88.9 Å². The number of aryl methyl sites for hydroxylation is 2. The first kappa shape index (κ1) is 22.3. The van der Waals surface area contributed by atoms with Gasteiger partial charge in [0.25, 0.3) is 20.0 Å². The van der Waals surface area contributed by atoms with Crippen LogP contribution < -0.4 is 10.3 Å². The second-order valence-corrected chi connectivity index (χ2v) is 11.2. The number of nitrogens with zero attached hydrogens (tertiary/aromatic N) is 1. The van der Waals surface area contributed by atoms with Gasteiger partial charge in [-0.2, -0.15) is 0 Å². The van der Waals surface area contributed by atoms with Crippen molar-refractivity contribution >= 4 is 48.4 Å². The number of fused-ring (bicyclic) bond motifs is 1. The average molecular weight is 490 g/mol. The smallest absolute Gasteiger partial charge is 0.271 e. The molecule has 32 heavy (non-hydrogen) atoms. The van der Waals surface area contributed by atoms with Crippen molar-refractivity contribution in [1.82, 2.24) is 8.80 Å². The zero-order valence-corrected chi connectivity index (χ0v) is 19.6. The maximum atomic E-state index is 13.6. The summed E-state index contributed by atoms with van der Waals surface area (Å²) in [7, 11) is -8.11. The van der Waals surface area contributed by atoms with Gasteiger partial charge in [0.1, 0.15) is 10.7 Å². The SMILES string of the molecule is Cc1ccc(S(=O)(=O)NNc2cc3ccccc3n2S(=O)(=O)c2cc(C)ccc2Cl)cc1. The van der Waals surface area contributed by atoms with E-state index in [0.29, 0.717) is 10.9 Å². The molecule has 0 atom stereocenters. The fourth-order valence-electron chi connectivity index (χ4n) is 3.28. The molecule has 7 nitrogen and oxygen atoms in total. The Morgan fingerprint density at radius 2 is 1.47 bits per heavy atom. The van der Waals surface area contributed by atoms with Crippen LogP contribution in [0.15, 0.2) is 82.6 Å². The van der Waals surface area contributed by atoms with Gasteiger partial charge in [0.2, 0.25) is 0 Å². The second kappa shape index (κ2) is 8.25. The summed E-state index contributed by atoms with van der Waals surface area (Å²) in [6.45, 7) is 3.61. The Labute approximate surface area is 191 Å². The van der Waals surface area contributed by atoms with E-state index < -0.39 is 20.0 Å². The van der Waals surface area contributed by atoms with Gasteiger partial charge in [0.05, 0.1) is 15.4 Å². The fourth-order valence-corrected chi connectivity index (χ4v) is 6.17. The van der Waals surface area contributed by atoms with E-state index in [1.807, 2.05) is 6.92 Å². The van der Waals surface area contributed by atoms with E-state index in [-0.39, 0.29) is 20.6 Å². The molecule has 0 unspecified atom stereocenters. The maximum Gasteiger partial charge on any atom is 0.271 e. The summed E-state index contributed by atoms with van der Waals surface area (Å²) in [6, 6.07) is 19.4. The molecule has 0 saturated heterocycles. The largest absolute Gasteiger partial charge is 0.292 e. The number of hydrogen-bond donors (Lipinski definition) is 2. The summed E-state index contributed by atoms with van der Waals surface area (Å²) in [6.07, 6.45) is 0. The van der Waals surface area contributed by atoms with Gasteiger partial charge in [-0.3, -0.25) is 5.43 Å². The topological polar surface area (TPSA) is 97.3 Å². The molecular formula is C22H20ClN3O4S2. The van der Waals surface area contributed by atoms with Gasteiger partial charge in [-0.15, -0.1) is 4.83 Å². The van der Waals surface area contributed by atoms with Crippen LogP contribution in [0.2, 0.25) is 5.02 Å². The van der Waals surface area contributed by atoms with Crippen LogP contribution in [0.4, 0.5) is 5.82 Å². The highest BCUT2D eigenvalue weighted by Crippen LogP contribution is 2.32. The number of anilines is 1. The Morgan fingerprint density at radius 3 is 2.19 bits per heavy atom. The quantitative estimate of drug-likeness (QED) is 0.390. The van der Waals surface area contributed by atoms with Crippen molar-refractivity contribution in [2.24, 2.45) is 0 Å². The molecule has 3 aromatic carbocycles. The average Bonchev–Trinajstić information content (AvgIpc) is 3.13. The molecule has 0 aliphatic rings. The zero-order chi connectivity index (χ0) is 23.1.